The third-order valence-corrected chi connectivity index (χ3v) is 5.38. The molecule has 1 unspecified atom stereocenters. The molecule has 2 amide bonds. The minimum atomic E-state index is -0.567. The summed E-state index contributed by atoms with van der Waals surface area (Å²) in [7, 11) is 1.28. The summed E-state index contributed by atoms with van der Waals surface area (Å²) in [5, 5.41) is 4.87. The summed E-state index contributed by atoms with van der Waals surface area (Å²) >= 11 is 7.48. The van der Waals surface area contributed by atoms with Crippen LogP contribution in [0, 0.1) is 0 Å². The van der Waals surface area contributed by atoms with Crippen molar-refractivity contribution in [3.8, 4) is 0 Å². The summed E-state index contributed by atoms with van der Waals surface area (Å²) in [6.45, 7) is 0.532. The summed E-state index contributed by atoms with van der Waals surface area (Å²) in [5.74, 6) is -0.990. The standard InChI is InChI=1S/C18H17ClN2O4S/c1-25-18(24)11-6-7-12(19)13(10-11)20-16(22)14-4-2-8-21(14)17(23)15-5-3-9-26-15/h3,5-7,9-10,14H,2,4,8H2,1H3,(H,20,22). The fourth-order valence-corrected chi connectivity index (χ4v) is 3.75. The molecule has 1 aromatic carbocycles. The lowest BCUT2D eigenvalue weighted by molar-refractivity contribution is -0.119. The van der Waals surface area contributed by atoms with Crippen LogP contribution in [0.4, 0.5) is 5.69 Å². The van der Waals surface area contributed by atoms with E-state index in [0.717, 1.165) is 6.42 Å². The summed E-state index contributed by atoms with van der Waals surface area (Å²) in [6, 6.07) is 7.49. The minimum Gasteiger partial charge on any atom is -0.465 e. The number of likely N-dealkylation sites (tertiary alicyclic amines) is 1. The maximum atomic E-state index is 12.7. The Morgan fingerprint density at radius 3 is 2.81 bits per heavy atom. The summed E-state index contributed by atoms with van der Waals surface area (Å²) in [5.41, 5.74) is 0.597. The highest BCUT2D eigenvalue weighted by molar-refractivity contribution is 7.12. The molecule has 136 valence electrons. The number of thiophene rings is 1. The van der Waals surface area contributed by atoms with Crippen LogP contribution in [0.25, 0.3) is 0 Å². The number of benzene rings is 1. The van der Waals surface area contributed by atoms with Crippen LogP contribution < -0.4 is 5.32 Å². The van der Waals surface area contributed by atoms with Gasteiger partial charge in [0.05, 0.1) is 28.3 Å². The van der Waals surface area contributed by atoms with Crippen LogP contribution in [-0.4, -0.2) is 42.4 Å². The number of nitrogens with zero attached hydrogens (tertiary/aromatic N) is 1. The number of ether oxygens (including phenoxy) is 1. The van der Waals surface area contributed by atoms with E-state index >= 15 is 0 Å². The van der Waals surface area contributed by atoms with Gasteiger partial charge in [-0.05, 0) is 42.5 Å². The largest absolute Gasteiger partial charge is 0.465 e. The van der Waals surface area contributed by atoms with Crippen molar-refractivity contribution in [1.29, 1.82) is 0 Å². The van der Waals surface area contributed by atoms with Crippen molar-refractivity contribution < 1.29 is 19.1 Å². The second-order valence-corrected chi connectivity index (χ2v) is 7.16. The molecule has 1 saturated heterocycles. The third-order valence-electron chi connectivity index (χ3n) is 4.19. The molecule has 1 atom stereocenters. The number of hydrogen-bond donors (Lipinski definition) is 1. The van der Waals surface area contributed by atoms with Crippen molar-refractivity contribution in [3.05, 3.63) is 51.2 Å². The van der Waals surface area contributed by atoms with Crippen LogP contribution >= 0.6 is 22.9 Å². The van der Waals surface area contributed by atoms with E-state index < -0.39 is 12.0 Å². The number of carbonyl (C=O) groups excluding carboxylic acids is 3. The number of amides is 2. The highest BCUT2D eigenvalue weighted by Gasteiger charge is 2.35. The number of carbonyl (C=O) groups is 3. The summed E-state index contributed by atoms with van der Waals surface area (Å²) in [6.07, 6.45) is 1.34. The first kappa shape index (κ1) is 18.4. The monoisotopic (exact) mass is 392 g/mol. The van der Waals surface area contributed by atoms with E-state index in [9.17, 15) is 14.4 Å². The molecule has 1 aromatic heterocycles. The number of rotatable bonds is 4. The molecule has 0 bridgehead atoms. The Bertz CT molecular complexity index is 838. The van der Waals surface area contributed by atoms with Gasteiger partial charge in [-0.2, -0.15) is 0 Å². The first-order chi connectivity index (χ1) is 12.5. The smallest absolute Gasteiger partial charge is 0.337 e. The second-order valence-electron chi connectivity index (χ2n) is 5.81. The Kier molecular flexibility index (Phi) is 5.58. The Balaban J connectivity index is 1.77. The van der Waals surface area contributed by atoms with Crippen LogP contribution in [0.3, 0.4) is 0 Å². The zero-order valence-corrected chi connectivity index (χ0v) is 15.6. The van der Waals surface area contributed by atoms with Crippen LogP contribution in [-0.2, 0) is 9.53 Å². The van der Waals surface area contributed by atoms with E-state index in [2.05, 4.69) is 10.1 Å². The number of methoxy groups -OCH3 is 1. The number of nitrogens with one attached hydrogen (secondary N) is 1. The lowest BCUT2D eigenvalue weighted by Crippen LogP contribution is -2.43. The molecule has 0 saturated carbocycles. The molecule has 0 aliphatic carbocycles. The Morgan fingerprint density at radius 2 is 2.12 bits per heavy atom. The van der Waals surface area contributed by atoms with E-state index in [1.165, 1.54) is 36.6 Å². The SMILES string of the molecule is COC(=O)c1ccc(Cl)c(NC(=O)C2CCCN2C(=O)c2cccs2)c1. The van der Waals surface area contributed by atoms with E-state index in [0.29, 0.717) is 28.6 Å². The lowest BCUT2D eigenvalue weighted by atomic mass is 10.1. The van der Waals surface area contributed by atoms with Gasteiger partial charge >= 0.3 is 5.97 Å². The second kappa shape index (κ2) is 7.88. The van der Waals surface area contributed by atoms with Crippen molar-refractivity contribution in [2.24, 2.45) is 0 Å². The van der Waals surface area contributed by atoms with Crippen molar-refractivity contribution in [3.63, 3.8) is 0 Å². The van der Waals surface area contributed by atoms with Gasteiger partial charge in [0, 0.05) is 6.54 Å². The van der Waals surface area contributed by atoms with Gasteiger partial charge in [0.25, 0.3) is 5.91 Å². The van der Waals surface area contributed by atoms with Crippen molar-refractivity contribution in [1.82, 2.24) is 4.90 Å². The zero-order chi connectivity index (χ0) is 18.7. The highest BCUT2D eigenvalue weighted by atomic mass is 35.5. The summed E-state index contributed by atoms with van der Waals surface area (Å²) in [4.78, 5) is 39.2. The number of anilines is 1. The fraction of sp³-hybridized carbons (Fsp3) is 0.278. The molecule has 3 rings (SSSR count). The van der Waals surface area contributed by atoms with E-state index in [1.54, 1.807) is 17.0 Å². The first-order valence-electron chi connectivity index (χ1n) is 8.04. The van der Waals surface area contributed by atoms with Gasteiger partial charge in [-0.1, -0.05) is 17.7 Å². The molecule has 8 heteroatoms. The van der Waals surface area contributed by atoms with Crippen LogP contribution in [0.5, 0.6) is 0 Å². The normalized spacial score (nSPS) is 16.4. The average Bonchev–Trinajstić information content (AvgIpc) is 3.34. The molecule has 1 fully saturated rings. The number of hydrogen-bond acceptors (Lipinski definition) is 5. The maximum Gasteiger partial charge on any atom is 0.337 e. The van der Waals surface area contributed by atoms with Gasteiger partial charge in [-0.25, -0.2) is 4.79 Å². The van der Waals surface area contributed by atoms with E-state index in [1.807, 2.05) is 5.38 Å². The molecule has 26 heavy (non-hydrogen) atoms. The van der Waals surface area contributed by atoms with Gasteiger partial charge in [0.15, 0.2) is 0 Å². The Morgan fingerprint density at radius 1 is 1.31 bits per heavy atom. The quantitative estimate of drug-likeness (QED) is 0.809. The number of esters is 1. The molecule has 1 aliphatic heterocycles. The van der Waals surface area contributed by atoms with Gasteiger partial charge in [0.1, 0.15) is 6.04 Å². The zero-order valence-electron chi connectivity index (χ0n) is 14.0. The molecular formula is C18H17ClN2O4S. The van der Waals surface area contributed by atoms with Gasteiger partial charge in [-0.3, -0.25) is 9.59 Å². The molecular weight excluding hydrogens is 376 g/mol. The van der Waals surface area contributed by atoms with Crippen LogP contribution in [0.1, 0.15) is 32.9 Å². The van der Waals surface area contributed by atoms with Gasteiger partial charge in [0.2, 0.25) is 5.91 Å². The Labute approximate surface area is 159 Å². The van der Waals surface area contributed by atoms with E-state index in [4.69, 9.17) is 11.6 Å². The molecule has 0 radical (unpaired) electrons. The number of halogens is 1. The van der Waals surface area contributed by atoms with Crippen molar-refractivity contribution >= 4 is 46.4 Å². The van der Waals surface area contributed by atoms with Crippen molar-refractivity contribution in [2.75, 3.05) is 19.0 Å². The Hall–Kier alpha value is -2.38. The van der Waals surface area contributed by atoms with Crippen LogP contribution in [0.15, 0.2) is 35.7 Å². The maximum absolute atomic E-state index is 12.7. The van der Waals surface area contributed by atoms with E-state index in [-0.39, 0.29) is 17.4 Å². The fourth-order valence-electron chi connectivity index (χ4n) is 2.91. The van der Waals surface area contributed by atoms with Crippen molar-refractivity contribution in [2.45, 2.75) is 18.9 Å². The predicted octanol–water partition coefficient (Wildman–Crippen LogP) is 3.43. The molecule has 2 aromatic rings. The minimum absolute atomic E-state index is 0.146. The van der Waals surface area contributed by atoms with Crippen LogP contribution in [0.2, 0.25) is 5.02 Å². The predicted molar refractivity (Wildman–Crippen MR) is 99.8 cm³/mol. The average molecular weight is 393 g/mol. The first-order valence-corrected chi connectivity index (χ1v) is 9.30. The third kappa shape index (κ3) is 3.73. The van der Waals surface area contributed by atoms with Gasteiger partial charge in [-0.15, -0.1) is 11.3 Å². The molecule has 6 nitrogen and oxygen atoms in total. The topological polar surface area (TPSA) is 75.7 Å². The molecule has 0 spiro atoms. The molecule has 1 N–H and O–H groups in total. The molecule has 2 heterocycles. The van der Waals surface area contributed by atoms with Gasteiger partial charge < -0.3 is 15.0 Å². The highest BCUT2D eigenvalue weighted by Crippen LogP contribution is 2.27. The lowest BCUT2D eigenvalue weighted by Gasteiger charge is -2.23. The molecule has 1 aliphatic rings. The summed E-state index contributed by atoms with van der Waals surface area (Å²) < 4.78 is 4.68.